The van der Waals surface area contributed by atoms with Crippen molar-refractivity contribution >= 4 is 12.0 Å². The number of alkyl halides is 3. The van der Waals surface area contributed by atoms with Gasteiger partial charge in [-0.2, -0.15) is 8.78 Å². The van der Waals surface area contributed by atoms with E-state index in [9.17, 15) is 18.0 Å². The number of hydrogen-bond donors (Lipinski definition) is 1. The monoisotopic (exact) mass is 364 g/mol. The molecule has 6 heteroatoms. The van der Waals surface area contributed by atoms with E-state index in [1.54, 1.807) is 30.3 Å². The van der Waals surface area contributed by atoms with Crippen LogP contribution in [0.25, 0.3) is 6.08 Å². The predicted molar refractivity (Wildman–Crippen MR) is 93.0 cm³/mol. The SMILES string of the molecule is O=C(O)/C(=C\c1ccccc1)C(F)(F)Oc1ccc(CCCCF)cc1. The Morgan fingerprint density at radius 3 is 2.27 bits per heavy atom. The van der Waals surface area contributed by atoms with E-state index in [2.05, 4.69) is 4.74 Å². The van der Waals surface area contributed by atoms with Gasteiger partial charge in [0, 0.05) is 0 Å². The number of rotatable bonds is 9. The maximum Gasteiger partial charge on any atom is 0.433 e. The van der Waals surface area contributed by atoms with Crippen LogP contribution in [0.4, 0.5) is 13.2 Å². The van der Waals surface area contributed by atoms with Crippen LogP contribution >= 0.6 is 0 Å². The zero-order chi connectivity index (χ0) is 19.0. The van der Waals surface area contributed by atoms with E-state index in [-0.39, 0.29) is 12.4 Å². The summed E-state index contributed by atoms with van der Waals surface area (Å²) in [6.07, 6.45) is -1.38. The molecule has 0 atom stereocenters. The van der Waals surface area contributed by atoms with Crippen molar-refractivity contribution in [1.82, 2.24) is 0 Å². The minimum atomic E-state index is -4.00. The maximum atomic E-state index is 14.3. The topological polar surface area (TPSA) is 46.5 Å². The number of carbonyl (C=O) groups is 1. The molecule has 3 nitrogen and oxygen atoms in total. The highest BCUT2D eigenvalue weighted by Crippen LogP contribution is 2.30. The van der Waals surface area contributed by atoms with Gasteiger partial charge < -0.3 is 9.84 Å². The Balaban J connectivity index is 2.14. The van der Waals surface area contributed by atoms with Crippen LogP contribution in [-0.4, -0.2) is 23.9 Å². The fraction of sp³-hybridized carbons (Fsp3) is 0.250. The van der Waals surface area contributed by atoms with Crippen LogP contribution in [0.2, 0.25) is 0 Å². The highest BCUT2D eigenvalue weighted by molar-refractivity contribution is 5.93. The van der Waals surface area contributed by atoms with Gasteiger partial charge in [0.05, 0.1) is 6.67 Å². The Hall–Kier alpha value is -2.76. The fourth-order valence-corrected chi connectivity index (χ4v) is 2.34. The lowest BCUT2D eigenvalue weighted by atomic mass is 10.1. The van der Waals surface area contributed by atoms with Crippen LogP contribution in [0.15, 0.2) is 60.2 Å². The number of ether oxygens (including phenoxy) is 1. The smallest absolute Gasteiger partial charge is 0.433 e. The predicted octanol–water partition coefficient (Wildman–Crippen LogP) is 5.12. The summed E-state index contributed by atoms with van der Waals surface area (Å²) >= 11 is 0. The first-order valence-electron chi connectivity index (χ1n) is 8.14. The Morgan fingerprint density at radius 1 is 1.04 bits per heavy atom. The molecule has 138 valence electrons. The number of aryl methyl sites for hydroxylation is 1. The van der Waals surface area contributed by atoms with Crippen molar-refractivity contribution in [3.8, 4) is 5.75 Å². The molecule has 0 aromatic heterocycles. The van der Waals surface area contributed by atoms with Gasteiger partial charge in [0.2, 0.25) is 0 Å². The highest BCUT2D eigenvalue weighted by atomic mass is 19.3. The first kappa shape index (κ1) is 19.6. The van der Waals surface area contributed by atoms with Gasteiger partial charge in [-0.25, -0.2) is 4.79 Å². The van der Waals surface area contributed by atoms with Crippen LogP contribution in [0.1, 0.15) is 24.0 Å². The Labute approximate surface area is 149 Å². The molecule has 0 saturated carbocycles. The molecule has 0 saturated heterocycles. The lowest BCUT2D eigenvalue weighted by Crippen LogP contribution is -2.31. The van der Waals surface area contributed by atoms with Crippen LogP contribution in [0, 0.1) is 0 Å². The van der Waals surface area contributed by atoms with Gasteiger partial charge in [0.15, 0.2) is 0 Å². The molecule has 0 unspecified atom stereocenters. The summed E-state index contributed by atoms with van der Waals surface area (Å²) in [4.78, 5) is 11.3. The normalized spacial score (nSPS) is 12.0. The first-order valence-corrected chi connectivity index (χ1v) is 8.14. The van der Waals surface area contributed by atoms with E-state index >= 15 is 0 Å². The molecular formula is C20H19F3O3. The molecule has 0 aliphatic heterocycles. The fourth-order valence-electron chi connectivity index (χ4n) is 2.34. The Morgan fingerprint density at radius 2 is 1.69 bits per heavy atom. The number of unbranched alkanes of at least 4 members (excludes halogenated alkanes) is 1. The van der Waals surface area contributed by atoms with Crippen molar-refractivity contribution in [2.45, 2.75) is 25.4 Å². The molecule has 2 rings (SSSR count). The van der Waals surface area contributed by atoms with Gasteiger partial charge in [0.25, 0.3) is 0 Å². The largest absolute Gasteiger partial charge is 0.478 e. The molecule has 0 amide bonds. The summed E-state index contributed by atoms with van der Waals surface area (Å²) in [6, 6.07) is 13.9. The molecule has 0 aliphatic carbocycles. The number of benzene rings is 2. The summed E-state index contributed by atoms with van der Waals surface area (Å²) in [6.45, 7) is -0.390. The van der Waals surface area contributed by atoms with E-state index < -0.39 is 17.7 Å². The summed E-state index contributed by atoms with van der Waals surface area (Å²) in [5.74, 6) is -1.91. The lowest BCUT2D eigenvalue weighted by Gasteiger charge is -2.19. The second kappa shape index (κ2) is 9.08. The standard InChI is InChI=1S/C20H19F3O3/c21-13-5-4-6-15-9-11-17(12-10-15)26-20(22,23)18(19(24)25)14-16-7-2-1-3-8-16/h1-3,7-12,14H,4-6,13H2,(H,24,25)/b18-14+. The molecule has 0 spiro atoms. The summed E-state index contributed by atoms with van der Waals surface area (Å²) < 4.78 is 45.4. The minimum Gasteiger partial charge on any atom is -0.478 e. The van der Waals surface area contributed by atoms with Crippen LogP contribution in [0.3, 0.4) is 0 Å². The Kier molecular flexibility index (Phi) is 6.83. The molecule has 2 aromatic rings. The zero-order valence-electron chi connectivity index (χ0n) is 14.0. The van der Waals surface area contributed by atoms with Crippen molar-refractivity contribution in [2.75, 3.05) is 6.67 Å². The highest BCUT2D eigenvalue weighted by Gasteiger charge is 2.41. The third kappa shape index (κ3) is 5.65. The molecule has 0 heterocycles. The van der Waals surface area contributed by atoms with E-state index in [0.29, 0.717) is 24.8 Å². The molecule has 0 bridgehead atoms. The Bertz CT molecular complexity index is 741. The van der Waals surface area contributed by atoms with Crippen LogP contribution in [-0.2, 0) is 11.2 Å². The number of carboxylic acid groups (broad SMARTS) is 1. The third-order valence-electron chi connectivity index (χ3n) is 3.67. The van der Waals surface area contributed by atoms with Crippen molar-refractivity contribution in [3.05, 3.63) is 71.3 Å². The number of hydrogen-bond acceptors (Lipinski definition) is 2. The van der Waals surface area contributed by atoms with E-state index in [4.69, 9.17) is 5.11 Å². The summed E-state index contributed by atoms with van der Waals surface area (Å²) in [5, 5.41) is 9.15. The van der Waals surface area contributed by atoms with E-state index in [0.717, 1.165) is 11.6 Å². The maximum absolute atomic E-state index is 14.3. The molecule has 0 aliphatic rings. The molecular weight excluding hydrogens is 345 g/mol. The average Bonchev–Trinajstić information content (AvgIpc) is 2.61. The minimum absolute atomic E-state index is 0.149. The number of carboxylic acids is 1. The molecule has 0 radical (unpaired) electrons. The summed E-state index contributed by atoms with van der Waals surface area (Å²) in [7, 11) is 0. The van der Waals surface area contributed by atoms with Crippen LogP contribution in [0.5, 0.6) is 5.75 Å². The van der Waals surface area contributed by atoms with Gasteiger partial charge in [-0.1, -0.05) is 42.5 Å². The average molecular weight is 364 g/mol. The van der Waals surface area contributed by atoms with E-state index in [1.165, 1.54) is 24.3 Å². The third-order valence-corrected chi connectivity index (χ3v) is 3.67. The molecule has 26 heavy (non-hydrogen) atoms. The van der Waals surface area contributed by atoms with Gasteiger partial charge in [0.1, 0.15) is 11.3 Å². The molecule has 1 N–H and O–H groups in total. The molecule has 2 aromatic carbocycles. The lowest BCUT2D eigenvalue weighted by molar-refractivity contribution is -0.160. The van der Waals surface area contributed by atoms with Gasteiger partial charge in [-0.05, 0) is 48.6 Å². The van der Waals surface area contributed by atoms with Crippen molar-refractivity contribution < 1.29 is 27.8 Å². The number of halogens is 3. The van der Waals surface area contributed by atoms with Gasteiger partial charge in [-0.15, -0.1) is 0 Å². The van der Waals surface area contributed by atoms with Crippen molar-refractivity contribution in [2.24, 2.45) is 0 Å². The number of aliphatic carboxylic acids is 1. The quantitative estimate of drug-likeness (QED) is 0.496. The second-order valence-electron chi connectivity index (χ2n) is 5.68. The first-order chi connectivity index (χ1) is 12.4. The summed E-state index contributed by atoms with van der Waals surface area (Å²) in [5.41, 5.74) is 0.0412. The van der Waals surface area contributed by atoms with Gasteiger partial charge in [-0.3, -0.25) is 4.39 Å². The van der Waals surface area contributed by atoms with E-state index in [1.807, 2.05) is 0 Å². The van der Waals surface area contributed by atoms with Gasteiger partial charge >= 0.3 is 12.1 Å². The van der Waals surface area contributed by atoms with Crippen LogP contribution < -0.4 is 4.74 Å². The zero-order valence-corrected chi connectivity index (χ0v) is 14.0. The van der Waals surface area contributed by atoms with Crippen molar-refractivity contribution in [3.63, 3.8) is 0 Å². The second-order valence-corrected chi connectivity index (χ2v) is 5.68. The van der Waals surface area contributed by atoms with Crippen molar-refractivity contribution in [1.29, 1.82) is 0 Å². The molecule has 0 fully saturated rings.